The zero-order valence-corrected chi connectivity index (χ0v) is 13.7. The van der Waals surface area contributed by atoms with E-state index in [1.165, 1.54) is 12.1 Å². The molecule has 0 aromatic heterocycles. The lowest BCUT2D eigenvalue weighted by Gasteiger charge is -2.30. The van der Waals surface area contributed by atoms with Crippen LogP contribution in [-0.4, -0.2) is 29.7 Å². The van der Waals surface area contributed by atoms with E-state index in [9.17, 15) is 19.3 Å². The lowest BCUT2D eigenvalue weighted by atomic mass is 9.82. The molecule has 1 aromatic carbocycles. The second kappa shape index (κ2) is 6.91. The largest absolute Gasteiger partial charge is 0.444 e. The van der Waals surface area contributed by atoms with Gasteiger partial charge < -0.3 is 15.8 Å². The molecule has 1 amide bonds. The highest BCUT2D eigenvalue weighted by atomic mass is 19.1. The first-order valence-electron chi connectivity index (χ1n) is 7.10. The Morgan fingerprint density at radius 3 is 2.43 bits per heavy atom. The predicted molar refractivity (Wildman–Crippen MR) is 83.7 cm³/mol. The Labute approximate surface area is 134 Å². The molecule has 3 N–H and O–H groups in total. The number of hydrogen-bond acceptors (Lipinski definition) is 5. The predicted octanol–water partition coefficient (Wildman–Crippen LogP) is 2.48. The summed E-state index contributed by atoms with van der Waals surface area (Å²) in [6, 6.07) is 3.37. The van der Waals surface area contributed by atoms with Gasteiger partial charge in [-0.2, -0.15) is 0 Å². The van der Waals surface area contributed by atoms with Crippen LogP contribution in [0.15, 0.2) is 18.2 Å². The van der Waals surface area contributed by atoms with Gasteiger partial charge in [-0.3, -0.25) is 10.1 Å². The summed E-state index contributed by atoms with van der Waals surface area (Å²) < 4.78 is 19.3. The molecule has 0 heterocycles. The molecule has 1 unspecified atom stereocenters. The number of benzene rings is 1. The highest BCUT2D eigenvalue weighted by molar-refractivity contribution is 5.67. The van der Waals surface area contributed by atoms with Gasteiger partial charge in [-0.1, -0.05) is 6.92 Å². The average molecular weight is 327 g/mol. The lowest BCUT2D eigenvalue weighted by molar-refractivity contribution is -0.385. The molecule has 23 heavy (non-hydrogen) atoms. The Balaban J connectivity index is 2.93. The van der Waals surface area contributed by atoms with Gasteiger partial charge in [-0.25, -0.2) is 9.18 Å². The fourth-order valence-electron chi connectivity index (χ4n) is 1.97. The number of amides is 1. The van der Waals surface area contributed by atoms with Crippen molar-refractivity contribution < 1.29 is 18.8 Å². The van der Waals surface area contributed by atoms with Crippen LogP contribution < -0.4 is 11.1 Å². The second-order valence-electron chi connectivity index (χ2n) is 6.54. The first-order valence-corrected chi connectivity index (χ1v) is 7.10. The zero-order valence-electron chi connectivity index (χ0n) is 13.7. The topological polar surface area (TPSA) is 107 Å². The summed E-state index contributed by atoms with van der Waals surface area (Å²) >= 11 is 0. The molecular formula is C15H22FN3O4. The van der Waals surface area contributed by atoms with Crippen molar-refractivity contribution in [2.45, 2.75) is 38.7 Å². The Morgan fingerprint density at radius 2 is 2.00 bits per heavy atom. The quantitative estimate of drug-likeness (QED) is 0.638. The summed E-state index contributed by atoms with van der Waals surface area (Å²) in [7, 11) is 0. The van der Waals surface area contributed by atoms with Crippen LogP contribution >= 0.6 is 0 Å². The van der Waals surface area contributed by atoms with Crippen molar-refractivity contribution in [1.82, 2.24) is 5.32 Å². The highest BCUT2D eigenvalue weighted by Gasteiger charge is 2.30. The molecule has 128 valence electrons. The fraction of sp³-hybridized carbons (Fsp3) is 0.533. The van der Waals surface area contributed by atoms with E-state index in [0.29, 0.717) is 0 Å². The Hall–Kier alpha value is -2.22. The third kappa shape index (κ3) is 5.17. The number of nitro groups is 1. The van der Waals surface area contributed by atoms with Gasteiger partial charge in [-0.15, -0.1) is 0 Å². The van der Waals surface area contributed by atoms with Crippen LogP contribution in [0.4, 0.5) is 14.9 Å². The number of nitrogens with one attached hydrogen (secondary N) is 1. The molecule has 0 aliphatic rings. The number of carbonyl (C=O) groups excluding carboxylic acids is 1. The number of ether oxygens (including phenoxy) is 1. The van der Waals surface area contributed by atoms with E-state index < -0.39 is 27.8 Å². The lowest BCUT2D eigenvalue weighted by Crippen LogP contribution is -2.45. The van der Waals surface area contributed by atoms with Crippen molar-refractivity contribution in [2.75, 3.05) is 13.1 Å². The molecule has 0 spiro atoms. The molecular weight excluding hydrogens is 305 g/mol. The SMILES string of the molecule is CC(C)(C)OC(=O)NCC(C)(CN)c1ccc([N+](=O)[O-])cc1F. The van der Waals surface area contributed by atoms with E-state index in [4.69, 9.17) is 10.5 Å². The number of nitrogens with two attached hydrogens (primary N) is 1. The van der Waals surface area contributed by atoms with Gasteiger partial charge in [0.1, 0.15) is 11.4 Å². The smallest absolute Gasteiger partial charge is 0.407 e. The van der Waals surface area contributed by atoms with Gasteiger partial charge in [0.15, 0.2) is 0 Å². The molecule has 0 bridgehead atoms. The highest BCUT2D eigenvalue weighted by Crippen LogP contribution is 2.27. The molecule has 0 saturated carbocycles. The molecule has 7 nitrogen and oxygen atoms in total. The molecule has 0 fully saturated rings. The van der Waals surface area contributed by atoms with E-state index in [1.54, 1.807) is 27.7 Å². The third-order valence-corrected chi connectivity index (χ3v) is 3.29. The first kappa shape index (κ1) is 18.8. The van der Waals surface area contributed by atoms with Crippen LogP contribution in [0.1, 0.15) is 33.3 Å². The van der Waals surface area contributed by atoms with Gasteiger partial charge in [0.2, 0.25) is 0 Å². The summed E-state index contributed by atoms with van der Waals surface area (Å²) in [5.74, 6) is -0.738. The normalized spacial score (nSPS) is 14.0. The number of nitrogens with zero attached hydrogens (tertiary/aromatic N) is 1. The van der Waals surface area contributed by atoms with Gasteiger partial charge >= 0.3 is 6.09 Å². The maximum Gasteiger partial charge on any atom is 0.407 e. The minimum atomic E-state index is -0.921. The first-order chi connectivity index (χ1) is 10.5. The molecule has 0 saturated heterocycles. The zero-order chi connectivity index (χ0) is 17.8. The van der Waals surface area contributed by atoms with Crippen LogP contribution in [0, 0.1) is 15.9 Å². The van der Waals surface area contributed by atoms with Crippen molar-refractivity contribution in [1.29, 1.82) is 0 Å². The van der Waals surface area contributed by atoms with E-state index in [-0.39, 0.29) is 24.3 Å². The Kier molecular flexibility index (Phi) is 5.65. The molecule has 8 heteroatoms. The number of halogens is 1. The van der Waals surface area contributed by atoms with E-state index in [2.05, 4.69) is 5.32 Å². The molecule has 1 atom stereocenters. The van der Waals surface area contributed by atoms with Crippen molar-refractivity contribution in [3.63, 3.8) is 0 Å². The number of hydrogen-bond donors (Lipinski definition) is 2. The van der Waals surface area contributed by atoms with Crippen LogP contribution in [-0.2, 0) is 10.2 Å². The molecule has 1 aromatic rings. The van der Waals surface area contributed by atoms with Crippen molar-refractivity contribution in [2.24, 2.45) is 5.73 Å². The van der Waals surface area contributed by atoms with E-state index in [1.807, 2.05) is 0 Å². The molecule has 0 radical (unpaired) electrons. The van der Waals surface area contributed by atoms with E-state index >= 15 is 0 Å². The monoisotopic (exact) mass is 327 g/mol. The van der Waals surface area contributed by atoms with Gasteiger partial charge in [0, 0.05) is 24.6 Å². The molecule has 0 aliphatic carbocycles. The Bertz CT molecular complexity index is 601. The minimum Gasteiger partial charge on any atom is -0.444 e. The molecule has 0 aliphatic heterocycles. The van der Waals surface area contributed by atoms with Crippen molar-refractivity contribution in [3.05, 3.63) is 39.7 Å². The standard InChI is InChI=1S/C15H22FN3O4/c1-14(2,3)23-13(20)18-9-15(4,8-17)11-6-5-10(19(21)22)7-12(11)16/h5-7H,8-9,17H2,1-4H3,(H,18,20). The van der Waals surface area contributed by atoms with Crippen LogP contribution in [0.2, 0.25) is 0 Å². The summed E-state index contributed by atoms with van der Waals surface area (Å²) in [4.78, 5) is 21.7. The van der Waals surface area contributed by atoms with Crippen molar-refractivity contribution in [3.8, 4) is 0 Å². The summed E-state index contributed by atoms with van der Waals surface area (Å²) in [5, 5.41) is 13.2. The fourth-order valence-corrected chi connectivity index (χ4v) is 1.97. The number of alkyl carbamates (subject to hydrolysis) is 1. The number of carbonyl (C=O) groups is 1. The average Bonchev–Trinajstić information content (AvgIpc) is 2.42. The number of nitro benzene ring substituents is 1. The molecule has 1 rings (SSSR count). The summed E-state index contributed by atoms with van der Waals surface area (Å²) in [6.45, 7) is 6.92. The van der Waals surface area contributed by atoms with Gasteiger partial charge in [-0.05, 0) is 32.4 Å². The maximum absolute atomic E-state index is 14.2. The van der Waals surface area contributed by atoms with E-state index in [0.717, 1.165) is 6.07 Å². The summed E-state index contributed by atoms with van der Waals surface area (Å²) in [6.07, 6.45) is -0.639. The number of rotatable bonds is 5. The van der Waals surface area contributed by atoms with Crippen molar-refractivity contribution >= 4 is 11.8 Å². The third-order valence-electron chi connectivity index (χ3n) is 3.29. The van der Waals surface area contributed by atoms with Crippen LogP contribution in [0.5, 0.6) is 0 Å². The second-order valence-corrected chi connectivity index (χ2v) is 6.54. The number of non-ortho nitro benzene ring substituents is 1. The van der Waals surface area contributed by atoms with Gasteiger partial charge in [0.05, 0.1) is 11.0 Å². The Morgan fingerprint density at radius 1 is 1.39 bits per heavy atom. The van der Waals surface area contributed by atoms with Gasteiger partial charge in [0.25, 0.3) is 5.69 Å². The summed E-state index contributed by atoms with van der Waals surface area (Å²) in [5.41, 5.74) is 4.01. The minimum absolute atomic E-state index is 0.0349. The van der Waals surface area contributed by atoms with Crippen LogP contribution in [0.3, 0.4) is 0 Å². The van der Waals surface area contributed by atoms with Crippen LogP contribution in [0.25, 0.3) is 0 Å². The maximum atomic E-state index is 14.2.